The lowest BCUT2D eigenvalue weighted by molar-refractivity contribution is -0.114. The van der Waals surface area contributed by atoms with Crippen LogP contribution in [0.1, 0.15) is 18.5 Å². The van der Waals surface area contributed by atoms with E-state index in [1.54, 1.807) is 18.5 Å². The highest BCUT2D eigenvalue weighted by molar-refractivity contribution is 5.93. The summed E-state index contributed by atoms with van der Waals surface area (Å²) in [5.74, 6) is 0.335. The molecule has 0 aliphatic heterocycles. The Morgan fingerprint density at radius 2 is 1.62 bits per heavy atom. The van der Waals surface area contributed by atoms with Crippen LogP contribution in [0.5, 0.6) is 0 Å². The molecule has 2 aromatic heterocycles. The molecule has 160 valence electrons. The predicted molar refractivity (Wildman–Crippen MR) is 130 cm³/mol. The third kappa shape index (κ3) is 5.70. The second-order valence-corrected chi connectivity index (χ2v) is 7.41. The van der Waals surface area contributed by atoms with E-state index in [0.29, 0.717) is 5.82 Å². The van der Waals surface area contributed by atoms with Gasteiger partial charge < -0.3 is 16.0 Å². The van der Waals surface area contributed by atoms with Gasteiger partial charge in [0, 0.05) is 29.7 Å². The number of pyridine rings is 2. The predicted octanol–water partition coefficient (Wildman–Crippen LogP) is 5.37. The quantitative estimate of drug-likeness (QED) is 0.355. The lowest BCUT2D eigenvalue weighted by atomic mass is 10.1. The molecule has 2 heterocycles. The van der Waals surface area contributed by atoms with E-state index < -0.39 is 0 Å². The fraction of sp³-hybridized carbons (Fsp3) is 0.115. The van der Waals surface area contributed by atoms with Crippen LogP contribution in [0.25, 0.3) is 11.3 Å². The number of hydrogen-bond donors (Lipinski definition) is 3. The molecule has 0 saturated heterocycles. The second-order valence-electron chi connectivity index (χ2n) is 7.41. The standard InChI is InChI=1S/C26H25N5O/c1-19(20-9-4-2-5-10-20)29-23-15-21(16-27-17-23)24-13-8-14-25(30-24)31-26(32)18-28-22-11-6-3-7-12-22/h2-17,19,28-29H,18H2,1H3,(H,30,31,32)/t19-/m0/s1. The van der Waals surface area contributed by atoms with Crippen LogP contribution in [-0.4, -0.2) is 22.4 Å². The van der Waals surface area contributed by atoms with Gasteiger partial charge in [0.25, 0.3) is 0 Å². The third-order valence-electron chi connectivity index (χ3n) is 4.96. The number of hydrogen-bond acceptors (Lipinski definition) is 5. The Labute approximate surface area is 187 Å². The average Bonchev–Trinajstić information content (AvgIpc) is 2.84. The molecule has 0 radical (unpaired) electrons. The summed E-state index contributed by atoms with van der Waals surface area (Å²) in [7, 11) is 0. The van der Waals surface area contributed by atoms with E-state index in [-0.39, 0.29) is 18.5 Å². The smallest absolute Gasteiger partial charge is 0.244 e. The van der Waals surface area contributed by atoms with Crippen molar-refractivity contribution in [3.8, 4) is 11.3 Å². The molecule has 0 bridgehead atoms. The van der Waals surface area contributed by atoms with Gasteiger partial charge in [-0.05, 0) is 42.8 Å². The van der Waals surface area contributed by atoms with E-state index in [2.05, 4.69) is 45.0 Å². The molecule has 6 nitrogen and oxygen atoms in total. The van der Waals surface area contributed by atoms with Crippen LogP contribution in [0.2, 0.25) is 0 Å². The number of rotatable bonds is 8. The van der Waals surface area contributed by atoms with Crippen molar-refractivity contribution in [1.82, 2.24) is 9.97 Å². The fourth-order valence-electron chi connectivity index (χ4n) is 3.32. The van der Waals surface area contributed by atoms with Gasteiger partial charge in [0.15, 0.2) is 0 Å². The first kappa shape index (κ1) is 21.1. The van der Waals surface area contributed by atoms with Gasteiger partial charge in [-0.3, -0.25) is 9.78 Å². The van der Waals surface area contributed by atoms with Crippen LogP contribution in [-0.2, 0) is 4.79 Å². The molecule has 3 N–H and O–H groups in total. The van der Waals surface area contributed by atoms with Crippen molar-refractivity contribution in [2.75, 3.05) is 22.5 Å². The highest BCUT2D eigenvalue weighted by Crippen LogP contribution is 2.24. The molecular weight excluding hydrogens is 398 g/mol. The minimum absolute atomic E-state index is 0.143. The first-order valence-corrected chi connectivity index (χ1v) is 10.5. The Morgan fingerprint density at radius 1 is 0.875 bits per heavy atom. The van der Waals surface area contributed by atoms with Gasteiger partial charge in [-0.2, -0.15) is 0 Å². The van der Waals surface area contributed by atoms with E-state index in [4.69, 9.17) is 0 Å². The van der Waals surface area contributed by atoms with Gasteiger partial charge in [-0.1, -0.05) is 54.6 Å². The van der Waals surface area contributed by atoms with E-state index in [9.17, 15) is 4.79 Å². The summed E-state index contributed by atoms with van der Waals surface area (Å²) in [5, 5.41) is 9.41. The van der Waals surface area contributed by atoms with Crippen molar-refractivity contribution in [3.63, 3.8) is 0 Å². The zero-order valence-electron chi connectivity index (χ0n) is 17.8. The number of benzene rings is 2. The Hall–Kier alpha value is -4.19. The van der Waals surface area contributed by atoms with Crippen LogP contribution in [0.4, 0.5) is 17.2 Å². The molecule has 0 unspecified atom stereocenters. The molecule has 4 rings (SSSR count). The van der Waals surface area contributed by atoms with Crippen molar-refractivity contribution in [1.29, 1.82) is 0 Å². The number of nitrogens with one attached hydrogen (secondary N) is 3. The van der Waals surface area contributed by atoms with E-state index >= 15 is 0 Å². The molecule has 0 fully saturated rings. The van der Waals surface area contributed by atoms with Gasteiger partial charge in [0.05, 0.1) is 17.9 Å². The van der Waals surface area contributed by atoms with Gasteiger partial charge in [0.2, 0.25) is 5.91 Å². The number of aromatic nitrogens is 2. The van der Waals surface area contributed by atoms with Crippen molar-refractivity contribution >= 4 is 23.1 Å². The summed E-state index contributed by atoms with van der Waals surface area (Å²) in [6, 6.07) is 27.6. The Kier molecular flexibility index (Phi) is 6.72. The first-order valence-electron chi connectivity index (χ1n) is 10.5. The Bertz CT molecular complexity index is 1160. The zero-order valence-corrected chi connectivity index (χ0v) is 17.8. The summed E-state index contributed by atoms with van der Waals surface area (Å²) in [6.07, 6.45) is 3.56. The lowest BCUT2D eigenvalue weighted by Crippen LogP contribution is -2.22. The zero-order chi connectivity index (χ0) is 22.2. The Morgan fingerprint density at radius 3 is 2.41 bits per heavy atom. The SMILES string of the molecule is C[C@H](Nc1cncc(-c2cccc(NC(=O)CNc3ccccc3)n2)c1)c1ccccc1. The van der Waals surface area contributed by atoms with E-state index in [1.165, 1.54) is 5.56 Å². The number of carbonyl (C=O) groups excluding carboxylic acids is 1. The topological polar surface area (TPSA) is 78.9 Å². The average molecular weight is 424 g/mol. The highest BCUT2D eigenvalue weighted by Gasteiger charge is 2.09. The second kappa shape index (κ2) is 10.2. The largest absolute Gasteiger partial charge is 0.377 e. The fourth-order valence-corrected chi connectivity index (χ4v) is 3.32. The first-order chi connectivity index (χ1) is 15.7. The summed E-state index contributed by atoms with van der Waals surface area (Å²) >= 11 is 0. The van der Waals surface area contributed by atoms with Crippen LogP contribution in [0, 0.1) is 0 Å². The normalized spacial score (nSPS) is 11.4. The minimum atomic E-state index is -0.163. The molecular formula is C26H25N5O. The van der Waals surface area contributed by atoms with E-state index in [0.717, 1.165) is 22.6 Å². The molecule has 0 aliphatic rings. The highest BCUT2D eigenvalue weighted by atomic mass is 16.1. The molecule has 32 heavy (non-hydrogen) atoms. The molecule has 4 aromatic rings. The summed E-state index contributed by atoms with van der Waals surface area (Å²) in [6.45, 7) is 2.27. The summed E-state index contributed by atoms with van der Waals surface area (Å²) in [4.78, 5) is 21.3. The maximum absolute atomic E-state index is 12.3. The van der Waals surface area contributed by atoms with Crippen LogP contribution in [0.3, 0.4) is 0 Å². The monoisotopic (exact) mass is 423 g/mol. The van der Waals surface area contributed by atoms with Gasteiger partial charge in [0.1, 0.15) is 5.82 Å². The van der Waals surface area contributed by atoms with Gasteiger partial charge >= 0.3 is 0 Å². The maximum atomic E-state index is 12.3. The van der Waals surface area contributed by atoms with Crippen molar-refractivity contribution in [3.05, 3.63) is 103 Å². The number of carbonyl (C=O) groups is 1. The molecule has 0 spiro atoms. The number of anilines is 3. The Balaban J connectivity index is 1.41. The molecule has 1 atom stereocenters. The number of nitrogens with zero attached hydrogens (tertiary/aromatic N) is 2. The molecule has 0 saturated carbocycles. The van der Waals surface area contributed by atoms with Crippen molar-refractivity contribution in [2.24, 2.45) is 0 Å². The van der Waals surface area contributed by atoms with Gasteiger partial charge in [-0.25, -0.2) is 4.98 Å². The minimum Gasteiger partial charge on any atom is -0.377 e. The summed E-state index contributed by atoms with van der Waals surface area (Å²) in [5.41, 5.74) is 4.60. The van der Waals surface area contributed by atoms with E-state index in [1.807, 2.05) is 66.7 Å². The van der Waals surface area contributed by atoms with Crippen molar-refractivity contribution in [2.45, 2.75) is 13.0 Å². The molecule has 2 aromatic carbocycles. The molecule has 0 aliphatic carbocycles. The van der Waals surface area contributed by atoms with Crippen LogP contribution < -0.4 is 16.0 Å². The lowest BCUT2D eigenvalue weighted by Gasteiger charge is -2.16. The number of para-hydroxylation sites is 1. The molecule has 6 heteroatoms. The maximum Gasteiger partial charge on any atom is 0.244 e. The van der Waals surface area contributed by atoms with Crippen LogP contribution in [0.15, 0.2) is 97.3 Å². The summed E-state index contributed by atoms with van der Waals surface area (Å²) < 4.78 is 0. The molecule has 1 amide bonds. The van der Waals surface area contributed by atoms with Gasteiger partial charge in [-0.15, -0.1) is 0 Å². The van der Waals surface area contributed by atoms with Crippen molar-refractivity contribution < 1.29 is 4.79 Å². The number of amides is 1. The van der Waals surface area contributed by atoms with Crippen LogP contribution >= 0.6 is 0 Å². The third-order valence-corrected chi connectivity index (χ3v) is 4.96.